The Labute approximate surface area is 135 Å². The van der Waals surface area contributed by atoms with E-state index < -0.39 is 18.0 Å². The van der Waals surface area contributed by atoms with Crippen molar-refractivity contribution in [3.63, 3.8) is 0 Å². The number of carbonyl (C=O) groups is 2. The van der Waals surface area contributed by atoms with Gasteiger partial charge in [0.25, 0.3) is 0 Å². The number of unbranched alkanes of at least 4 members (excludes halogenated alkanes) is 1. The highest BCUT2D eigenvalue weighted by atomic mass is 32.2. The van der Waals surface area contributed by atoms with Gasteiger partial charge in [0.2, 0.25) is 0 Å². The highest BCUT2D eigenvalue weighted by molar-refractivity contribution is 7.98. The average Bonchev–Trinajstić information content (AvgIpc) is 2.50. The summed E-state index contributed by atoms with van der Waals surface area (Å²) in [6, 6.07) is 6.07. The van der Waals surface area contributed by atoms with Gasteiger partial charge in [0.15, 0.2) is 0 Å². The summed E-state index contributed by atoms with van der Waals surface area (Å²) >= 11 is 1.52. The topological polar surface area (TPSA) is 81.3 Å². The van der Waals surface area contributed by atoms with Gasteiger partial charge < -0.3 is 20.5 Å². The lowest BCUT2D eigenvalue weighted by Gasteiger charge is -2.19. The summed E-state index contributed by atoms with van der Waals surface area (Å²) in [7, 11) is 0. The van der Waals surface area contributed by atoms with E-state index in [1.54, 1.807) is 0 Å². The summed E-state index contributed by atoms with van der Waals surface area (Å²) in [5.74, 6) is -0.621. The third-order valence-electron chi connectivity index (χ3n) is 3.23. The summed E-state index contributed by atoms with van der Waals surface area (Å²) in [6.45, 7) is 2.14. The van der Waals surface area contributed by atoms with Crippen LogP contribution < -0.4 is 15.7 Å². The van der Waals surface area contributed by atoms with Gasteiger partial charge in [-0.25, -0.2) is 4.79 Å². The molecule has 122 valence electrons. The fourth-order valence-electron chi connectivity index (χ4n) is 1.95. The van der Waals surface area contributed by atoms with Crippen molar-refractivity contribution in [2.45, 2.75) is 38.6 Å². The van der Waals surface area contributed by atoms with Gasteiger partial charge in [-0.15, -0.1) is 0 Å². The van der Waals surface area contributed by atoms with Crippen LogP contribution in [-0.2, 0) is 11.2 Å². The van der Waals surface area contributed by atoms with Crippen LogP contribution in [0.1, 0.15) is 31.7 Å². The second-order valence-corrected chi connectivity index (χ2v) is 6.04. The zero-order chi connectivity index (χ0) is 16.4. The predicted molar refractivity (Wildman–Crippen MR) is 89.0 cm³/mol. The Balaban J connectivity index is 2.50. The molecule has 0 saturated heterocycles. The van der Waals surface area contributed by atoms with Gasteiger partial charge >= 0.3 is 6.03 Å². The van der Waals surface area contributed by atoms with E-state index in [0.717, 1.165) is 19.3 Å². The lowest BCUT2D eigenvalue weighted by Crippen LogP contribution is -2.49. The fraction of sp³-hybridized carbons (Fsp3) is 0.500. The number of hydrogen-bond donors (Lipinski definition) is 2. The molecule has 1 rings (SSSR count). The van der Waals surface area contributed by atoms with Crippen LogP contribution in [0, 0.1) is 0 Å². The van der Waals surface area contributed by atoms with Gasteiger partial charge in [-0.3, -0.25) is 0 Å². The minimum atomic E-state index is -1.26. The molecule has 6 heteroatoms. The summed E-state index contributed by atoms with van der Waals surface area (Å²) in [5, 5.41) is 16.0. The second-order valence-electron chi connectivity index (χ2n) is 5.05. The monoisotopic (exact) mass is 323 g/mol. The molecule has 0 aliphatic heterocycles. The standard InChI is InChI=1S/C16H24N2O3S/c1-3-4-5-12-6-8-13(9-7-12)17-16(21)18-14(15(19)20)10-11-22-2/h6-9,14H,3-5,10-11H2,1-2H3,(H,19,20)(H2,17,18,21)/p-1/t14-/m0/s1. The maximum absolute atomic E-state index is 11.8. The maximum Gasteiger partial charge on any atom is 0.319 e. The fourth-order valence-corrected chi connectivity index (χ4v) is 2.42. The average molecular weight is 323 g/mol. The van der Waals surface area contributed by atoms with Crippen LogP contribution >= 0.6 is 11.8 Å². The summed E-state index contributed by atoms with van der Waals surface area (Å²) in [4.78, 5) is 22.8. The third-order valence-corrected chi connectivity index (χ3v) is 3.88. The van der Waals surface area contributed by atoms with E-state index in [0.29, 0.717) is 17.9 Å². The van der Waals surface area contributed by atoms with Crippen LogP contribution in [0.3, 0.4) is 0 Å². The number of thioether (sulfide) groups is 1. The van der Waals surface area contributed by atoms with Gasteiger partial charge in [-0.2, -0.15) is 11.8 Å². The molecule has 1 atom stereocenters. The predicted octanol–water partition coefficient (Wildman–Crippen LogP) is 2.02. The highest BCUT2D eigenvalue weighted by Crippen LogP contribution is 2.12. The minimum Gasteiger partial charge on any atom is -0.548 e. The molecule has 0 aliphatic rings. The number of rotatable bonds is 9. The van der Waals surface area contributed by atoms with Crippen LogP contribution in [0.5, 0.6) is 0 Å². The number of aryl methyl sites for hydroxylation is 1. The van der Waals surface area contributed by atoms with Crippen molar-refractivity contribution in [2.75, 3.05) is 17.3 Å². The third kappa shape index (κ3) is 6.85. The van der Waals surface area contributed by atoms with Crippen LogP contribution in [0.15, 0.2) is 24.3 Å². The van der Waals surface area contributed by atoms with Crippen LogP contribution in [0.4, 0.5) is 10.5 Å². The molecule has 0 aliphatic carbocycles. The highest BCUT2D eigenvalue weighted by Gasteiger charge is 2.13. The number of benzene rings is 1. The second kappa shape index (κ2) is 10.1. The van der Waals surface area contributed by atoms with E-state index in [-0.39, 0.29) is 0 Å². The number of carbonyl (C=O) groups excluding carboxylic acids is 2. The molecule has 5 nitrogen and oxygen atoms in total. The molecule has 0 radical (unpaired) electrons. The normalized spacial score (nSPS) is 11.7. The molecule has 1 aromatic rings. The number of aliphatic carboxylic acids is 1. The van der Waals surface area contributed by atoms with E-state index in [4.69, 9.17) is 0 Å². The first-order chi connectivity index (χ1) is 10.6. The Bertz CT molecular complexity index is 477. The molecule has 2 amide bonds. The van der Waals surface area contributed by atoms with Crippen molar-refractivity contribution in [2.24, 2.45) is 0 Å². The molecule has 0 bridgehead atoms. The zero-order valence-corrected chi connectivity index (χ0v) is 13.9. The Hall–Kier alpha value is -1.69. The van der Waals surface area contributed by atoms with Crippen molar-refractivity contribution in [3.8, 4) is 0 Å². The molecule has 0 saturated carbocycles. The number of anilines is 1. The first-order valence-corrected chi connectivity index (χ1v) is 8.82. The summed E-state index contributed by atoms with van der Waals surface area (Å²) in [5.41, 5.74) is 1.86. The molecular formula is C16H23N2O3S-. The Morgan fingerprint density at radius 1 is 1.27 bits per heavy atom. The van der Waals surface area contributed by atoms with E-state index >= 15 is 0 Å². The lowest BCUT2D eigenvalue weighted by atomic mass is 10.1. The lowest BCUT2D eigenvalue weighted by molar-refractivity contribution is -0.308. The smallest absolute Gasteiger partial charge is 0.319 e. The first-order valence-electron chi connectivity index (χ1n) is 7.43. The molecular weight excluding hydrogens is 300 g/mol. The number of nitrogens with one attached hydrogen (secondary N) is 2. The molecule has 0 unspecified atom stereocenters. The quantitative estimate of drug-likeness (QED) is 0.728. The largest absolute Gasteiger partial charge is 0.548 e. The zero-order valence-electron chi connectivity index (χ0n) is 13.1. The van der Waals surface area contributed by atoms with Gasteiger partial charge in [0.1, 0.15) is 0 Å². The number of urea groups is 1. The van der Waals surface area contributed by atoms with Gasteiger partial charge in [0, 0.05) is 5.69 Å². The molecule has 22 heavy (non-hydrogen) atoms. The van der Waals surface area contributed by atoms with E-state index in [2.05, 4.69) is 17.6 Å². The van der Waals surface area contributed by atoms with Crippen molar-refractivity contribution in [1.82, 2.24) is 5.32 Å². The van der Waals surface area contributed by atoms with Crippen molar-refractivity contribution >= 4 is 29.4 Å². The molecule has 0 spiro atoms. The van der Waals surface area contributed by atoms with E-state index in [1.807, 2.05) is 30.5 Å². The molecule has 0 aromatic heterocycles. The Kier molecular flexibility index (Phi) is 8.43. The van der Waals surface area contributed by atoms with Gasteiger partial charge in [0.05, 0.1) is 12.0 Å². The molecule has 0 heterocycles. The maximum atomic E-state index is 11.8. The van der Waals surface area contributed by atoms with E-state index in [9.17, 15) is 14.7 Å². The number of amides is 2. The molecule has 1 aromatic carbocycles. The Morgan fingerprint density at radius 3 is 2.50 bits per heavy atom. The van der Waals surface area contributed by atoms with Crippen molar-refractivity contribution in [1.29, 1.82) is 0 Å². The van der Waals surface area contributed by atoms with Gasteiger partial charge in [-0.1, -0.05) is 25.5 Å². The van der Waals surface area contributed by atoms with Crippen LogP contribution in [-0.4, -0.2) is 30.1 Å². The van der Waals surface area contributed by atoms with Crippen LogP contribution in [0.25, 0.3) is 0 Å². The summed E-state index contributed by atoms with van der Waals surface area (Å²) < 4.78 is 0. The summed E-state index contributed by atoms with van der Waals surface area (Å²) in [6.07, 6.45) is 5.52. The Morgan fingerprint density at radius 2 is 1.95 bits per heavy atom. The van der Waals surface area contributed by atoms with Crippen LogP contribution in [0.2, 0.25) is 0 Å². The SMILES string of the molecule is CCCCc1ccc(NC(=O)N[C@@H](CCSC)C(=O)[O-])cc1. The minimum absolute atomic E-state index is 0.340. The van der Waals surface area contributed by atoms with E-state index in [1.165, 1.54) is 17.3 Å². The van der Waals surface area contributed by atoms with Crippen molar-refractivity contribution < 1.29 is 14.7 Å². The number of hydrogen-bond acceptors (Lipinski definition) is 4. The van der Waals surface area contributed by atoms with Crippen molar-refractivity contribution in [3.05, 3.63) is 29.8 Å². The molecule has 2 N–H and O–H groups in total. The van der Waals surface area contributed by atoms with Gasteiger partial charge in [-0.05, 0) is 49.0 Å². The number of carboxylic acids is 1. The molecule has 0 fully saturated rings. The number of carboxylic acid groups (broad SMARTS) is 1. The first kappa shape index (κ1) is 18.4.